The van der Waals surface area contributed by atoms with Crippen LogP contribution >= 0.6 is 0 Å². The smallest absolute Gasteiger partial charge is 0.330 e. The van der Waals surface area contributed by atoms with Crippen LogP contribution in [-0.2, 0) is 19.2 Å². The molecule has 0 bridgehead atoms. The molecule has 3 atom stereocenters. The van der Waals surface area contributed by atoms with Crippen LogP contribution in [0.15, 0.2) is 36.9 Å². The highest BCUT2D eigenvalue weighted by Gasteiger charge is 2.47. The Balaban J connectivity index is 0.000000288. The zero-order valence-corrected chi connectivity index (χ0v) is 25.5. The second-order valence-electron chi connectivity index (χ2n) is 11.7. The first-order valence-electron chi connectivity index (χ1n) is 14.7. The number of imide groups is 1. The molecule has 2 heterocycles. The van der Waals surface area contributed by atoms with Gasteiger partial charge in [-0.3, -0.25) is 9.59 Å². The van der Waals surface area contributed by atoms with Gasteiger partial charge in [0.25, 0.3) is 12.3 Å². The number of hydroxylamine groups is 2. The van der Waals surface area contributed by atoms with Gasteiger partial charge in [-0.2, -0.15) is 0 Å². The number of carbonyl (C=O) groups is 3. The minimum atomic E-state index is -0.688. The second kappa shape index (κ2) is 12.8. The first-order valence-corrected chi connectivity index (χ1v) is 14.7. The Hall–Kier alpha value is -4.07. The van der Waals surface area contributed by atoms with Crippen molar-refractivity contribution in [2.75, 3.05) is 0 Å². The van der Waals surface area contributed by atoms with Gasteiger partial charge in [-0.25, -0.2) is 14.8 Å². The lowest BCUT2D eigenvalue weighted by atomic mass is 9.64. The van der Waals surface area contributed by atoms with E-state index in [9.17, 15) is 14.4 Å². The van der Waals surface area contributed by atoms with Crippen LogP contribution in [0.5, 0.6) is 5.75 Å². The second-order valence-corrected chi connectivity index (χ2v) is 11.7. The Morgan fingerprint density at radius 2 is 1.83 bits per heavy atom. The minimum Gasteiger partial charge on any atom is -0.487 e. The van der Waals surface area contributed by atoms with Crippen molar-refractivity contribution in [2.24, 2.45) is 11.8 Å². The van der Waals surface area contributed by atoms with Gasteiger partial charge in [0.2, 0.25) is 0 Å². The molecule has 8 nitrogen and oxygen atoms in total. The van der Waals surface area contributed by atoms with Crippen molar-refractivity contribution in [1.29, 1.82) is 0 Å². The molecule has 3 aromatic rings. The number of amides is 2. The Kier molecular flexibility index (Phi) is 9.44. The third-order valence-electron chi connectivity index (χ3n) is 8.17. The average molecular weight is 572 g/mol. The number of fused-ring (bicyclic) bond motifs is 8. The van der Waals surface area contributed by atoms with E-state index in [2.05, 4.69) is 56.5 Å². The molecule has 1 aliphatic carbocycles. The van der Waals surface area contributed by atoms with Gasteiger partial charge in [0.15, 0.2) is 0 Å². The highest BCUT2D eigenvalue weighted by Crippen LogP contribution is 2.56. The van der Waals surface area contributed by atoms with Gasteiger partial charge < -0.3 is 9.57 Å². The van der Waals surface area contributed by atoms with Crippen LogP contribution in [0, 0.1) is 11.8 Å². The van der Waals surface area contributed by atoms with E-state index in [1.807, 2.05) is 25.2 Å². The number of benzene rings is 2. The molecule has 5 rings (SSSR count). The van der Waals surface area contributed by atoms with Crippen molar-refractivity contribution in [1.82, 2.24) is 15.0 Å². The minimum absolute atomic E-state index is 0.180. The molecule has 1 fully saturated rings. The Labute approximate surface area is 247 Å². The third kappa shape index (κ3) is 6.08. The molecule has 0 radical (unpaired) electrons. The molecule has 0 N–H and O–H groups in total. The number of allylic oxidation sites excluding steroid dienone is 1. The summed E-state index contributed by atoms with van der Waals surface area (Å²) in [5.74, 6) is 1.47. The molecule has 2 aliphatic rings. The van der Waals surface area contributed by atoms with E-state index in [0.29, 0.717) is 29.2 Å². The molecule has 1 saturated carbocycles. The molecule has 1 aromatic heterocycles. The molecule has 0 spiro atoms. The lowest BCUT2D eigenvalue weighted by Crippen LogP contribution is -2.46. The fourth-order valence-corrected chi connectivity index (χ4v) is 6.33. The van der Waals surface area contributed by atoms with E-state index in [1.165, 1.54) is 24.8 Å². The van der Waals surface area contributed by atoms with Crippen molar-refractivity contribution in [3.05, 3.63) is 53.9 Å². The van der Waals surface area contributed by atoms with E-state index in [-0.39, 0.29) is 18.4 Å². The number of ether oxygens (including phenoxy) is 1. The van der Waals surface area contributed by atoms with Gasteiger partial charge in [0.1, 0.15) is 11.4 Å². The molecule has 2 amide bonds. The fraction of sp³-hybridized carbons (Fsp3) is 0.441. The Morgan fingerprint density at radius 3 is 2.45 bits per heavy atom. The molecular formula is C34H41N3O5. The summed E-state index contributed by atoms with van der Waals surface area (Å²) in [6.45, 7) is 15.8. The molecule has 1 aliphatic heterocycles. The van der Waals surface area contributed by atoms with Gasteiger partial charge in [-0.1, -0.05) is 57.2 Å². The number of nitrogens with zero attached hydrogens (tertiary/aromatic N) is 3. The molecular weight excluding hydrogens is 530 g/mol. The van der Waals surface area contributed by atoms with Gasteiger partial charge in [0, 0.05) is 35.6 Å². The van der Waals surface area contributed by atoms with Crippen molar-refractivity contribution in [3.8, 4) is 5.75 Å². The van der Waals surface area contributed by atoms with Gasteiger partial charge >= 0.3 is 5.97 Å². The normalized spacial score (nSPS) is 20.5. The molecule has 2 unspecified atom stereocenters. The zero-order chi connectivity index (χ0) is 30.6. The molecule has 42 heavy (non-hydrogen) atoms. The van der Waals surface area contributed by atoms with Crippen molar-refractivity contribution in [3.63, 3.8) is 0 Å². The SMILES string of the molecule is C=Cc1nc2c3c(c4ccccc4c2nc1/C=C\C)OC(C)(C)C1CCC(C)C[C@H]31.CCCC(=O)N(C=O)OC(C)=O. The van der Waals surface area contributed by atoms with Crippen LogP contribution in [0.1, 0.15) is 96.5 Å². The number of hydrogen-bond acceptors (Lipinski definition) is 7. The quantitative estimate of drug-likeness (QED) is 0.179. The Bertz CT molecular complexity index is 1540. The first kappa shape index (κ1) is 30.9. The van der Waals surface area contributed by atoms with Crippen molar-refractivity contribution < 1.29 is 24.0 Å². The first-order chi connectivity index (χ1) is 20.1. The number of carbonyl (C=O) groups excluding carboxylic acids is 3. The maximum absolute atomic E-state index is 10.9. The van der Waals surface area contributed by atoms with Crippen molar-refractivity contribution in [2.45, 2.75) is 85.2 Å². The average Bonchev–Trinajstić information content (AvgIpc) is 2.96. The highest BCUT2D eigenvalue weighted by molar-refractivity contribution is 6.10. The maximum Gasteiger partial charge on any atom is 0.330 e. The van der Waals surface area contributed by atoms with Crippen LogP contribution in [0.3, 0.4) is 0 Å². The van der Waals surface area contributed by atoms with E-state index < -0.39 is 11.9 Å². The van der Waals surface area contributed by atoms with Crippen LogP contribution in [0.25, 0.3) is 34.0 Å². The zero-order valence-electron chi connectivity index (χ0n) is 25.5. The van der Waals surface area contributed by atoms with Crippen LogP contribution in [0.2, 0.25) is 0 Å². The summed E-state index contributed by atoms with van der Waals surface area (Å²) in [4.78, 5) is 46.0. The monoisotopic (exact) mass is 571 g/mol. The molecule has 222 valence electrons. The topological polar surface area (TPSA) is 98.7 Å². The van der Waals surface area contributed by atoms with Crippen molar-refractivity contribution >= 4 is 52.2 Å². The molecule has 2 aromatic carbocycles. The van der Waals surface area contributed by atoms with Gasteiger partial charge in [0.05, 0.1) is 22.4 Å². The summed E-state index contributed by atoms with van der Waals surface area (Å²) in [5.41, 5.74) is 4.75. The lowest BCUT2D eigenvalue weighted by molar-refractivity contribution is -0.194. The lowest BCUT2D eigenvalue weighted by Gasteiger charge is -2.49. The summed E-state index contributed by atoms with van der Waals surface area (Å²) >= 11 is 0. The summed E-state index contributed by atoms with van der Waals surface area (Å²) in [6.07, 6.45) is 10.5. The van der Waals surface area contributed by atoms with Crippen LogP contribution < -0.4 is 4.74 Å². The van der Waals surface area contributed by atoms with Gasteiger partial charge in [-0.05, 0) is 64.0 Å². The largest absolute Gasteiger partial charge is 0.487 e. The Morgan fingerprint density at radius 1 is 1.14 bits per heavy atom. The number of rotatable bonds is 5. The number of aromatic nitrogens is 2. The predicted octanol–water partition coefficient (Wildman–Crippen LogP) is 7.40. The third-order valence-corrected chi connectivity index (χ3v) is 8.17. The fourth-order valence-electron chi connectivity index (χ4n) is 6.33. The number of hydrogen-bond donors (Lipinski definition) is 0. The summed E-state index contributed by atoms with van der Waals surface area (Å²) < 4.78 is 6.79. The van der Waals surface area contributed by atoms with E-state index in [0.717, 1.165) is 45.9 Å². The van der Waals surface area contributed by atoms with E-state index in [1.54, 1.807) is 6.92 Å². The van der Waals surface area contributed by atoms with Crippen LogP contribution in [0.4, 0.5) is 0 Å². The standard InChI is InChI=1S/C27H30N2O.C7H11NO4/c1-6-10-22-21(7-2)28-25-23-19-15-16(3)13-14-20(19)27(4,5)30-26(23)18-12-9-8-11-17(18)24(25)29-22;1-3-4-7(11)8(5-9)12-6(2)10/h6-12,16,19-20H,2,13-15H2,1,3-5H3;5H,3-4H2,1-2H3/b10-6-;/t16?,19-,20?;/m0./s1. The molecule has 0 saturated heterocycles. The predicted molar refractivity (Wildman–Crippen MR) is 165 cm³/mol. The highest BCUT2D eigenvalue weighted by atomic mass is 16.7. The van der Waals surface area contributed by atoms with Crippen LogP contribution in [-0.4, -0.2) is 38.9 Å². The maximum atomic E-state index is 10.9. The van der Waals surface area contributed by atoms with E-state index >= 15 is 0 Å². The molecule has 8 heteroatoms. The van der Waals surface area contributed by atoms with E-state index in [4.69, 9.17) is 14.7 Å². The van der Waals surface area contributed by atoms with Gasteiger partial charge in [-0.15, -0.1) is 5.06 Å². The summed E-state index contributed by atoms with van der Waals surface area (Å²) in [7, 11) is 0. The summed E-state index contributed by atoms with van der Waals surface area (Å²) in [5, 5.41) is 2.67. The summed E-state index contributed by atoms with van der Waals surface area (Å²) in [6, 6.07) is 8.49.